The Morgan fingerprint density at radius 3 is 2.46 bits per heavy atom. The van der Waals surface area contributed by atoms with Crippen LogP contribution in [0.3, 0.4) is 0 Å². The largest absolute Gasteiger partial charge is 0.409 e. The van der Waals surface area contributed by atoms with Crippen LogP contribution in [0.15, 0.2) is 34.3 Å². The Kier molecular flexibility index (Phi) is 7.26. The van der Waals surface area contributed by atoms with Crippen molar-refractivity contribution in [3.8, 4) is 11.4 Å². The van der Waals surface area contributed by atoms with Gasteiger partial charge >= 0.3 is 6.18 Å². The van der Waals surface area contributed by atoms with Gasteiger partial charge in [-0.2, -0.15) is 13.2 Å². The molecular weight excluding hydrogens is 559 g/mol. The van der Waals surface area contributed by atoms with Gasteiger partial charge in [-0.05, 0) is 45.7 Å². The molecule has 4 aromatic rings. The first kappa shape index (κ1) is 28.5. The first-order valence-corrected chi connectivity index (χ1v) is 14.7. The number of aromatic nitrogens is 7. The van der Waals surface area contributed by atoms with E-state index in [1.165, 1.54) is 24.7 Å². The van der Waals surface area contributed by atoms with Crippen molar-refractivity contribution in [2.24, 2.45) is 0 Å². The zero-order valence-corrected chi connectivity index (χ0v) is 23.6. The van der Waals surface area contributed by atoms with E-state index in [-0.39, 0.29) is 51.6 Å². The van der Waals surface area contributed by atoms with E-state index in [1.54, 1.807) is 20.8 Å². The van der Waals surface area contributed by atoms with Gasteiger partial charge in [-0.3, -0.25) is 14.3 Å². The summed E-state index contributed by atoms with van der Waals surface area (Å²) in [6, 6.07) is 0.827. The molecule has 4 heterocycles. The van der Waals surface area contributed by atoms with Crippen LogP contribution in [0.2, 0.25) is 0 Å². The predicted octanol–water partition coefficient (Wildman–Crippen LogP) is 4.69. The van der Waals surface area contributed by atoms with E-state index in [1.807, 2.05) is 0 Å². The number of nitrogens with zero attached hydrogens (tertiary/aromatic N) is 7. The van der Waals surface area contributed by atoms with Crippen molar-refractivity contribution in [1.82, 2.24) is 34.5 Å². The molecule has 11 nitrogen and oxygen atoms in total. The summed E-state index contributed by atoms with van der Waals surface area (Å²) < 4.78 is 62.9. The summed E-state index contributed by atoms with van der Waals surface area (Å²) in [5, 5.41) is 2.79. The van der Waals surface area contributed by atoms with E-state index in [0.717, 1.165) is 25.5 Å². The molecule has 41 heavy (non-hydrogen) atoms. The molecule has 2 N–H and O–H groups in total. The van der Waals surface area contributed by atoms with E-state index >= 15 is 0 Å². The third-order valence-electron chi connectivity index (χ3n) is 7.05. The monoisotopic (exact) mass is 587 g/mol. The molecule has 0 bridgehead atoms. The van der Waals surface area contributed by atoms with Crippen molar-refractivity contribution in [3.05, 3.63) is 57.8 Å². The van der Waals surface area contributed by atoms with Crippen molar-refractivity contribution >= 4 is 26.7 Å². The highest BCUT2D eigenvalue weighted by Crippen LogP contribution is 2.43. The Labute approximate surface area is 233 Å². The normalized spacial score (nSPS) is 16.0. The smallest absolute Gasteiger partial charge is 0.360 e. The maximum absolute atomic E-state index is 14.0. The van der Waals surface area contributed by atoms with Crippen molar-refractivity contribution in [2.75, 3.05) is 11.1 Å². The Bertz CT molecular complexity index is 1800. The summed E-state index contributed by atoms with van der Waals surface area (Å²) in [4.78, 5) is 39.9. The number of rotatable bonds is 8. The minimum Gasteiger partial charge on any atom is -0.360 e. The third-order valence-corrected chi connectivity index (χ3v) is 8.87. The fourth-order valence-electron chi connectivity index (χ4n) is 4.44. The lowest BCUT2D eigenvalue weighted by molar-refractivity contribution is -0.162. The minimum atomic E-state index is -4.75. The minimum absolute atomic E-state index is 0.0367. The summed E-state index contributed by atoms with van der Waals surface area (Å²) in [5.74, 6) is 0.146. The molecule has 4 aromatic heterocycles. The van der Waals surface area contributed by atoms with Crippen LogP contribution in [-0.2, 0) is 16.3 Å². The molecule has 1 aliphatic carbocycles. The standard InChI is InChI=1S/C26H28F3N9O2S/c1-5-41(30,40)18-9-8-17(31-11-18)10-32-23-25(39)38(15(4)26(27,28)29)24-20(36-23)14(3)35-22(37-24)19-13(2)33-12-34-21(19)16-6-7-16/h8-9,11-12,15-16,30H,5-7,10H2,1-4H3,(H,32,36)/t15-,41?/m0/s1. The molecule has 1 saturated carbocycles. The van der Waals surface area contributed by atoms with Crippen molar-refractivity contribution in [2.45, 2.75) is 70.1 Å². The van der Waals surface area contributed by atoms with E-state index in [4.69, 9.17) is 4.78 Å². The molecule has 0 aliphatic heterocycles. The van der Waals surface area contributed by atoms with Crippen LogP contribution in [0.25, 0.3) is 22.6 Å². The van der Waals surface area contributed by atoms with E-state index in [0.29, 0.717) is 21.5 Å². The van der Waals surface area contributed by atoms with Crippen LogP contribution < -0.4 is 10.9 Å². The van der Waals surface area contributed by atoms with Crippen LogP contribution in [0.1, 0.15) is 61.4 Å². The van der Waals surface area contributed by atoms with Gasteiger partial charge in [0.05, 0.1) is 49.5 Å². The van der Waals surface area contributed by atoms with Crippen LogP contribution in [0, 0.1) is 18.6 Å². The van der Waals surface area contributed by atoms with E-state index in [9.17, 15) is 22.2 Å². The number of nitrogens with one attached hydrogen (secondary N) is 2. The lowest BCUT2D eigenvalue weighted by Gasteiger charge is -2.22. The number of pyridine rings is 1. The van der Waals surface area contributed by atoms with E-state index < -0.39 is 27.5 Å². The van der Waals surface area contributed by atoms with Crippen molar-refractivity contribution in [3.63, 3.8) is 0 Å². The second-order valence-corrected chi connectivity index (χ2v) is 12.4. The molecule has 1 aliphatic rings. The number of aryl methyl sites for hydroxylation is 2. The summed E-state index contributed by atoms with van der Waals surface area (Å²) in [6.45, 7) is 5.83. The molecule has 15 heteroatoms. The fraction of sp³-hybridized carbons (Fsp3) is 0.423. The zero-order chi connectivity index (χ0) is 29.7. The summed E-state index contributed by atoms with van der Waals surface area (Å²) >= 11 is 0. The maximum Gasteiger partial charge on any atom is 0.409 e. The second kappa shape index (κ2) is 10.4. The topological polar surface area (TPSA) is 152 Å². The van der Waals surface area contributed by atoms with Crippen LogP contribution in [0.4, 0.5) is 19.0 Å². The van der Waals surface area contributed by atoms with Gasteiger partial charge in [-0.1, -0.05) is 6.92 Å². The second-order valence-electron chi connectivity index (χ2n) is 9.95. The number of hydrogen-bond donors (Lipinski definition) is 2. The summed E-state index contributed by atoms with van der Waals surface area (Å²) in [7, 11) is -2.95. The van der Waals surface area contributed by atoms with Gasteiger partial charge < -0.3 is 5.32 Å². The Morgan fingerprint density at radius 2 is 1.85 bits per heavy atom. The van der Waals surface area contributed by atoms with Gasteiger partial charge in [-0.25, -0.2) is 33.9 Å². The number of halogens is 3. The number of hydrogen-bond acceptors (Lipinski definition) is 10. The van der Waals surface area contributed by atoms with Gasteiger partial charge in [0, 0.05) is 17.9 Å². The van der Waals surface area contributed by atoms with Gasteiger partial charge in [0.25, 0.3) is 5.56 Å². The Hall–Kier alpha value is -4.01. The van der Waals surface area contributed by atoms with Crippen molar-refractivity contribution in [1.29, 1.82) is 4.78 Å². The highest BCUT2D eigenvalue weighted by molar-refractivity contribution is 7.92. The Balaban J connectivity index is 1.61. The van der Waals surface area contributed by atoms with E-state index in [2.05, 4.69) is 35.2 Å². The van der Waals surface area contributed by atoms with Gasteiger partial charge in [0.15, 0.2) is 17.3 Å². The molecule has 0 radical (unpaired) electrons. The van der Waals surface area contributed by atoms with Crippen molar-refractivity contribution < 1.29 is 17.4 Å². The lowest BCUT2D eigenvalue weighted by atomic mass is 10.1. The predicted molar refractivity (Wildman–Crippen MR) is 146 cm³/mol. The molecule has 5 rings (SSSR count). The first-order valence-electron chi connectivity index (χ1n) is 13.0. The highest BCUT2D eigenvalue weighted by Gasteiger charge is 2.40. The number of alkyl halides is 3. The SMILES string of the molecule is CCS(=N)(=O)c1ccc(CNc2nc3c(C)nc(-c4c(C)ncnc4C4CC4)nc3n([C@@H](C)C(F)(F)F)c2=O)nc1. The fourth-order valence-corrected chi connectivity index (χ4v) is 5.28. The van der Waals surface area contributed by atoms with Crippen LogP contribution >= 0.6 is 0 Å². The molecule has 0 amide bonds. The molecule has 0 spiro atoms. The summed E-state index contributed by atoms with van der Waals surface area (Å²) in [5.41, 5.74) is 1.35. The zero-order valence-electron chi connectivity index (χ0n) is 22.8. The number of anilines is 1. The van der Waals surface area contributed by atoms with Crippen LogP contribution in [-0.4, -0.2) is 50.6 Å². The molecule has 2 atom stereocenters. The first-order chi connectivity index (χ1) is 19.3. The molecule has 0 aromatic carbocycles. The van der Waals surface area contributed by atoms with Gasteiger partial charge in [-0.15, -0.1) is 0 Å². The van der Waals surface area contributed by atoms with Crippen LogP contribution in [0.5, 0.6) is 0 Å². The van der Waals surface area contributed by atoms with Gasteiger partial charge in [0.2, 0.25) is 0 Å². The quantitative estimate of drug-likeness (QED) is 0.299. The Morgan fingerprint density at radius 1 is 1.12 bits per heavy atom. The number of fused-ring (bicyclic) bond motifs is 1. The maximum atomic E-state index is 14.0. The molecule has 1 fully saturated rings. The highest BCUT2D eigenvalue weighted by atomic mass is 32.2. The average molecular weight is 588 g/mol. The summed E-state index contributed by atoms with van der Waals surface area (Å²) in [6.07, 6.45) is -0.127. The molecule has 0 saturated heterocycles. The lowest BCUT2D eigenvalue weighted by Crippen LogP contribution is -2.35. The molecule has 216 valence electrons. The average Bonchev–Trinajstić information content (AvgIpc) is 3.77. The molecular formula is C26H28F3N9O2S. The van der Waals surface area contributed by atoms with Gasteiger partial charge in [0.1, 0.15) is 17.9 Å². The third kappa shape index (κ3) is 5.49. The molecule has 1 unspecified atom stereocenters.